The zero-order chi connectivity index (χ0) is 12.0. The first-order valence-corrected chi connectivity index (χ1v) is 5.50. The van der Waals surface area contributed by atoms with Gasteiger partial charge >= 0.3 is 0 Å². The van der Waals surface area contributed by atoms with Crippen molar-refractivity contribution in [2.24, 2.45) is 0 Å². The number of nitrogens with one attached hydrogen (secondary N) is 1. The number of hydrogen-bond acceptors (Lipinski definition) is 1. The molecule has 1 N–H and O–H groups in total. The molecule has 0 amide bonds. The van der Waals surface area contributed by atoms with Crippen LogP contribution in [0.5, 0.6) is 0 Å². The molecule has 0 saturated carbocycles. The summed E-state index contributed by atoms with van der Waals surface area (Å²) in [4.78, 5) is 0. The minimum absolute atomic E-state index is 0.155. The van der Waals surface area contributed by atoms with E-state index in [1.54, 1.807) is 6.08 Å². The Hall–Kier alpha value is -1.22. The number of benzene rings is 1. The van der Waals surface area contributed by atoms with Gasteiger partial charge in [-0.15, -0.1) is 0 Å². The molecular weight excluding hydrogens is 208 g/mol. The van der Waals surface area contributed by atoms with Gasteiger partial charge in [0.2, 0.25) is 0 Å². The average molecular weight is 225 g/mol. The Labute approximate surface area is 95.2 Å². The SMILES string of the molecule is CCCNC(C)/C=C/c1cc(F)ccc1F. The first-order valence-electron chi connectivity index (χ1n) is 5.50. The average Bonchev–Trinajstić information content (AvgIpc) is 2.27. The summed E-state index contributed by atoms with van der Waals surface area (Å²) >= 11 is 0. The van der Waals surface area contributed by atoms with E-state index in [0.717, 1.165) is 25.1 Å². The molecule has 0 aliphatic carbocycles. The molecule has 0 aliphatic heterocycles. The first kappa shape index (κ1) is 12.8. The van der Waals surface area contributed by atoms with E-state index in [1.807, 2.05) is 13.0 Å². The van der Waals surface area contributed by atoms with Gasteiger partial charge in [0.05, 0.1) is 0 Å². The van der Waals surface area contributed by atoms with Crippen LogP contribution in [0, 0.1) is 11.6 Å². The molecule has 0 aliphatic rings. The van der Waals surface area contributed by atoms with Gasteiger partial charge in [-0.2, -0.15) is 0 Å². The van der Waals surface area contributed by atoms with Crippen LogP contribution in [0.25, 0.3) is 6.08 Å². The van der Waals surface area contributed by atoms with Crippen molar-refractivity contribution in [2.45, 2.75) is 26.3 Å². The lowest BCUT2D eigenvalue weighted by atomic mass is 10.1. The van der Waals surface area contributed by atoms with Gasteiger partial charge in [-0.3, -0.25) is 0 Å². The highest BCUT2D eigenvalue weighted by Crippen LogP contribution is 2.11. The van der Waals surface area contributed by atoms with Crippen LogP contribution < -0.4 is 5.32 Å². The van der Waals surface area contributed by atoms with Gasteiger partial charge in [-0.05, 0) is 38.1 Å². The van der Waals surface area contributed by atoms with Crippen molar-refractivity contribution in [3.8, 4) is 0 Å². The van der Waals surface area contributed by atoms with Gasteiger partial charge in [0.15, 0.2) is 0 Å². The minimum atomic E-state index is -0.421. The van der Waals surface area contributed by atoms with E-state index in [2.05, 4.69) is 12.2 Å². The van der Waals surface area contributed by atoms with Crippen LogP contribution in [0.15, 0.2) is 24.3 Å². The van der Waals surface area contributed by atoms with Crippen molar-refractivity contribution in [2.75, 3.05) is 6.54 Å². The van der Waals surface area contributed by atoms with Crippen molar-refractivity contribution in [3.63, 3.8) is 0 Å². The molecule has 0 aromatic heterocycles. The summed E-state index contributed by atoms with van der Waals surface area (Å²) < 4.78 is 26.1. The quantitative estimate of drug-likeness (QED) is 0.810. The summed E-state index contributed by atoms with van der Waals surface area (Å²) in [7, 11) is 0. The lowest BCUT2D eigenvalue weighted by molar-refractivity contribution is 0.597. The maximum atomic E-state index is 13.2. The molecular formula is C13H17F2N. The molecule has 0 fully saturated rings. The van der Waals surface area contributed by atoms with Crippen molar-refractivity contribution >= 4 is 6.08 Å². The van der Waals surface area contributed by atoms with E-state index in [4.69, 9.17) is 0 Å². The van der Waals surface area contributed by atoms with Gasteiger partial charge in [-0.1, -0.05) is 19.1 Å². The number of halogens is 2. The second-order valence-corrected chi connectivity index (χ2v) is 3.77. The molecule has 0 heterocycles. The van der Waals surface area contributed by atoms with E-state index in [-0.39, 0.29) is 11.6 Å². The third kappa shape index (κ3) is 4.11. The standard InChI is InChI=1S/C13H17F2N/c1-3-8-16-10(2)4-5-11-9-12(14)6-7-13(11)15/h4-7,9-10,16H,3,8H2,1-2H3/b5-4+. The highest BCUT2D eigenvalue weighted by Gasteiger charge is 2.00. The van der Waals surface area contributed by atoms with Gasteiger partial charge < -0.3 is 5.32 Å². The Morgan fingerprint density at radius 2 is 2.12 bits per heavy atom. The van der Waals surface area contributed by atoms with Crippen molar-refractivity contribution < 1.29 is 8.78 Å². The van der Waals surface area contributed by atoms with E-state index >= 15 is 0 Å². The normalized spacial score (nSPS) is 13.2. The zero-order valence-electron chi connectivity index (χ0n) is 9.63. The summed E-state index contributed by atoms with van der Waals surface area (Å²) in [5.74, 6) is -0.824. The van der Waals surface area contributed by atoms with Crippen LogP contribution in [0.2, 0.25) is 0 Å². The van der Waals surface area contributed by atoms with Crippen LogP contribution in [-0.2, 0) is 0 Å². The summed E-state index contributed by atoms with van der Waals surface area (Å²) in [6, 6.07) is 3.60. The Morgan fingerprint density at radius 3 is 2.81 bits per heavy atom. The van der Waals surface area contributed by atoms with E-state index in [9.17, 15) is 8.78 Å². The molecule has 1 atom stereocenters. The van der Waals surface area contributed by atoms with Crippen LogP contribution in [-0.4, -0.2) is 12.6 Å². The molecule has 1 unspecified atom stereocenters. The Bertz CT molecular complexity index is 361. The van der Waals surface area contributed by atoms with Crippen molar-refractivity contribution in [1.29, 1.82) is 0 Å². The van der Waals surface area contributed by atoms with Crippen LogP contribution in [0.4, 0.5) is 8.78 Å². The summed E-state index contributed by atoms with van der Waals surface area (Å²) in [5, 5.41) is 3.23. The Morgan fingerprint density at radius 1 is 1.38 bits per heavy atom. The Kier molecular flexibility index (Phi) is 5.12. The van der Waals surface area contributed by atoms with Gasteiger partial charge in [0.1, 0.15) is 11.6 Å². The molecule has 1 aromatic carbocycles. The van der Waals surface area contributed by atoms with Gasteiger partial charge in [0.25, 0.3) is 0 Å². The smallest absolute Gasteiger partial charge is 0.130 e. The van der Waals surface area contributed by atoms with Crippen molar-refractivity contribution in [3.05, 3.63) is 41.5 Å². The molecule has 1 rings (SSSR count). The summed E-state index contributed by atoms with van der Waals surface area (Å²) in [5.41, 5.74) is 0.283. The maximum Gasteiger partial charge on any atom is 0.130 e. The largest absolute Gasteiger partial charge is 0.311 e. The van der Waals surface area contributed by atoms with Crippen LogP contribution >= 0.6 is 0 Å². The number of rotatable bonds is 5. The van der Waals surface area contributed by atoms with Gasteiger partial charge in [-0.25, -0.2) is 8.78 Å². The molecule has 0 radical (unpaired) electrons. The fourth-order valence-corrected chi connectivity index (χ4v) is 1.33. The van der Waals surface area contributed by atoms with Gasteiger partial charge in [0, 0.05) is 11.6 Å². The second kappa shape index (κ2) is 6.38. The highest BCUT2D eigenvalue weighted by atomic mass is 19.1. The summed E-state index contributed by atoms with van der Waals surface area (Å²) in [6.45, 7) is 4.97. The third-order valence-electron chi connectivity index (χ3n) is 2.24. The monoisotopic (exact) mass is 225 g/mol. The predicted molar refractivity (Wildman–Crippen MR) is 63.1 cm³/mol. The minimum Gasteiger partial charge on any atom is -0.311 e. The van der Waals surface area contributed by atoms with Crippen LogP contribution in [0.3, 0.4) is 0 Å². The molecule has 0 bridgehead atoms. The first-order chi connectivity index (χ1) is 7.63. The fraction of sp³-hybridized carbons (Fsp3) is 0.385. The van der Waals surface area contributed by atoms with E-state index < -0.39 is 11.6 Å². The topological polar surface area (TPSA) is 12.0 Å². The lowest BCUT2D eigenvalue weighted by Crippen LogP contribution is -2.24. The third-order valence-corrected chi connectivity index (χ3v) is 2.24. The van der Waals surface area contributed by atoms with Crippen LogP contribution in [0.1, 0.15) is 25.8 Å². The molecule has 0 saturated heterocycles. The molecule has 16 heavy (non-hydrogen) atoms. The molecule has 88 valence electrons. The number of hydrogen-bond donors (Lipinski definition) is 1. The lowest BCUT2D eigenvalue weighted by Gasteiger charge is -2.07. The molecule has 1 nitrogen and oxygen atoms in total. The maximum absolute atomic E-state index is 13.2. The second-order valence-electron chi connectivity index (χ2n) is 3.77. The molecule has 0 spiro atoms. The summed E-state index contributed by atoms with van der Waals surface area (Å²) in [6.07, 6.45) is 4.48. The van der Waals surface area contributed by atoms with E-state index in [1.165, 1.54) is 6.07 Å². The predicted octanol–water partition coefficient (Wildman–Crippen LogP) is 3.37. The highest BCUT2D eigenvalue weighted by molar-refractivity contribution is 5.50. The zero-order valence-corrected chi connectivity index (χ0v) is 9.63. The molecule has 1 aromatic rings. The fourth-order valence-electron chi connectivity index (χ4n) is 1.33. The molecule has 3 heteroatoms. The van der Waals surface area contributed by atoms with E-state index in [0.29, 0.717) is 0 Å². The Balaban J connectivity index is 2.64. The van der Waals surface area contributed by atoms with Crippen molar-refractivity contribution in [1.82, 2.24) is 5.32 Å².